The summed E-state index contributed by atoms with van der Waals surface area (Å²) in [6.07, 6.45) is 0.285. The van der Waals surface area contributed by atoms with Crippen molar-refractivity contribution in [3.05, 3.63) is 22.4 Å². The second-order valence-corrected chi connectivity index (χ2v) is 6.10. The molecule has 1 amide bonds. The van der Waals surface area contributed by atoms with Gasteiger partial charge in [-0.1, -0.05) is 6.07 Å². The largest absolute Gasteiger partial charge is 0.444 e. The average Bonchev–Trinajstić information content (AvgIpc) is 2.75. The third-order valence-electron chi connectivity index (χ3n) is 2.22. The van der Waals surface area contributed by atoms with E-state index < -0.39 is 17.7 Å². The van der Waals surface area contributed by atoms with Gasteiger partial charge in [-0.2, -0.15) is 0 Å². The first kappa shape index (κ1) is 14.7. The first-order valence-electron chi connectivity index (χ1n) is 5.81. The molecule has 0 saturated carbocycles. The Morgan fingerprint density at radius 2 is 2.22 bits per heavy atom. The monoisotopic (exact) mass is 269 g/mol. The summed E-state index contributed by atoms with van der Waals surface area (Å²) in [5.74, 6) is 0. The van der Waals surface area contributed by atoms with Gasteiger partial charge in [-0.05, 0) is 39.1 Å². The summed E-state index contributed by atoms with van der Waals surface area (Å²) >= 11 is 1.55. The van der Waals surface area contributed by atoms with Crippen molar-refractivity contribution >= 4 is 23.7 Å². The lowest BCUT2D eigenvalue weighted by Gasteiger charge is -2.29. The van der Waals surface area contributed by atoms with Crippen molar-refractivity contribution < 1.29 is 14.3 Å². The molecule has 1 heterocycles. The third-order valence-corrected chi connectivity index (χ3v) is 3.08. The molecule has 0 unspecified atom stereocenters. The molecule has 1 aromatic rings. The van der Waals surface area contributed by atoms with Gasteiger partial charge in [-0.25, -0.2) is 4.79 Å². The number of hydrogen-bond acceptors (Lipinski definition) is 4. The summed E-state index contributed by atoms with van der Waals surface area (Å²) in [5, 5.41) is 1.94. The number of aldehydes is 1. The summed E-state index contributed by atoms with van der Waals surface area (Å²) in [7, 11) is 0. The molecule has 0 N–H and O–H groups in total. The maximum absolute atomic E-state index is 12.0. The highest BCUT2D eigenvalue weighted by molar-refractivity contribution is 7.09. The van der Waals surface area contributed by atoms with Crippen LogP contribution in [0.5, 0.6) is 0 Å². The Labute approximate surface area is 112 Å². The van der Waals surface area contributed by atoms with E-state index in [9.17, 15) is 9.59 Å². The summed E-state index contributed by atoms with van der Waals surface area (Å²) in [6, 6.07) is 3.35. The summed E-state index contributed by atoms with van der Waals surface area (Å²) < 4.78 is 5.30. The van der Waals surface area contributed by atoms with Crippen LogP contribution >= 0.6 is 11.3 Å². The fraction of sp³-hybridized carbons (Fsp3) is 0.538. The number of carbonyl (C=O) groups excluding carboxylic acids is 2. The zero-order valence-corrected chi connectivity index (χ0v) is 12.0. The lowest BCUT2D eigenvalue weighted by molar-refractivity contribution is -0.112. The van der Waals surface area contributed by atoms with Crippen molar-refractivity contribution in [1.82, 2.24) is 4.90 Å². The van der Waals surface area contributed by atoms with Crippen LogP contribution in [0, 0.1) is 0 Å². The van der Waals surface area contributed by atoms with E-state index in [1.54, 1.807) is 39.0 Å². The van der Waals surface area contributed by atoms with E-state index in [0.29, 0.717) is 6.54 Å². The number of carbonyl (C=O) groups is 2. The minimum Gasteiger partial charge on any atom is -0.444 e. The molecule has 0 aliphatic heterocycles. The molecular weight excluding hydrogens is 250 g/mol. The second kappa shape index (κ2) is 6.00. The molecule has 1 aromatic heterocycles. The van der Waals surface area contributed by atoms with E-state index in [-0.39, 0.29) is 0 Å². The molecule has 1 rings (SSSR count). The summed E-state index contributed by atoms with van der Waals surface area (Å²) in [4.78, 5) is 25.4. The molecule has 0 aromatic carbocycles. The van der Waals surface area contributed by atoms with Crippen molar-refractivity contribution in [3.63, 3.8) is 0 Å². The first-order valence-corrected chi connectivity index (χ1v) is 6.69. The fourth-order valence-corrected chi connectivity index (χ4v) is 2.04. The Bertz CT molecular complexity index is 395. The van der Waals surface area contributed by atoms with E-state index in [2.05, 4.69) is 0 Å². The Morgan fingerprint density at radius 3 is 2.67 bits per heavy atom. The SMILES string of the molecule is C[C@@H](C=O)N(Cc1cccs1)C(=O)OC(C)(C)C. The molecule has 0 radical (unpaired) electrons. The Balaban J connectivity index is 2.78. The van der Waals surface area contributed by atoms with Crippen molar-refractivity contribution in [2.45, 2.75) is 45.9 Å². The van der Waals surface area contributed by atoms with Gasteiger partial charge in [0.2, 0.25) is 0 Å². The van der Waals surface area contributed by atoms with Gasteiger partial charge in [0.15, 0.2) is 0 Å². The molecule has 5 heteroatoms. The molecule has 0 aliphatic rings. The smallest absolute Gasteiger partial charge is 0.411 e. The van der Waals surface area contributed by atoms with Gasteiger partial charge in [0.1, 0.15) is 11.9 Å². The quantitative estimate of drug-likeness (QED) is 0.789. The lowest BCUT2D eigenvalue weighted by atomic mass is 10.2. The van der Waals surface area contributed by atoms with Crippen molar-refractivity contribution in [2.24, 2.45) is 0 Å². The van der Waals surface area contributed by atoms with Gasteiger partial charge in [-0.15, -0.1) is 11.3 Å². The van der Waals surface area contributed by atoms with Gasteiger partial charge < -0.3 is 9.53 Å². The Hall–Kier alpha value is -1.36. The number of amides is 1. The number of nitrogens with zero attached hydrogens (tertiary/aromatic N) is 1. The van der Waals surface area contributed by atoms with Crippen LogP contribution in [0.3, 0.4) is 0 Å². The van der Waals surface area contributed by atoms with Gasteiger partial charge in [0.05, 0.1) is 12.6 Å². The second-order valence-electron chi connectivity index (χ2n) is 5.06. The van der Waals surface area contributed by atoms with Gasteiger partial charge in [-0.3, -0.25) is 4.90 Å². The Kier molecular flexibility index (Phi) is 4.90. The maximum atomic E-state index is 12.0. The number of rotatable bonds is 4. The van der Waals surface area contributed by atoms with Crippen LogP contribution < -0.4 is 0 Å². The predicted molar refractivity (Wildman–Crippen MR) is 71.6 cm³/mol. The van der Waals surface area contributed by atoms with E-state index in [1.165, 1.54) is 4.90 Å². The van der Waals surface area contributed by atoms with E-state index >= 15 is 0 Å². The van der Waals surface area contributed by atoms with Gasteiger partial charge in [0.25, 0.3) is 0 Å². The molecule has 0 saturated heterocycles. The standard InChI is InChI=1S/C13H19NO3S/c1-10(9-15)14(8-11-6-5-7-18-11)12(16)17-13(2,3)4/h5-7,9-10H,8H2,1-4H3/t10-/m0/s1. The highest BCUT2D eigenvalue weighted by Gasteiger charge is 2.26. The fourth-order valence-electron chi connectivity index (χ4n) is 1.34. The minimum atomic E-state index is -0.562. The molecule has 100 valence electrons. The first-order chi connectivity index (χ1) is 8.33. The van der Waals surface area contributed by atoms with E-state index in [4.69, 9.17) is 4.74 Å². The zero-order chi connectivity index (χ0) is 13.8. The molecule has 18 heavy (non-hydrogen) atoms. The maximum Gasteiger partial charge on any atom is 0.411 e. The molecule has 0 spiro atoms. The van der Waals surface area contributed by atoms with Crippen LogP contribution in [0.2, 0.25) is 0 Å². The van der Waals surface area contributed by atoms with Crippen molar-refractivity contribution in [1.29, 1.82) is 0 Å². The van der Waals surface area contributed by atoms with E-state index in [1.807, 2.05) is 17.5 Å². The van der Waals surface area contributed by atoms with Crippen LogP contribution in [0.15, 0.2) is 17.5 Å². The third kappa shape index (κ3) is 4.49. The molecule has 1 atom stereocenters. The highest BCUT2D eigenvalue weighted by atomic mass is 32.1. The zero-order valence-electron chi connectivity index (χ0n) is 11.2. The lowest BCUT2D eigenvalue weighted by Crippen LogP contribution is -2.42. The van der Waals surface area contributed by atoms with Crippen LogP contribution in [0.4, 0.5) is 4.79 Å². The minimum absolute atomic E-state index is 0.395. The number of thiophene rings is 1. The predicted octanol–water partition coefficient (Wildman–Crippen LogP) is 3.07. The molecular formula is C13H19NO3S. The summed E-state index contributed by atoms with van der Waals surface area (Å²) in [5.41, 5.74) is -0.562. The van der Waals surface area contributed by atoms with Crippen molar-refractivity contribution in [2.75, 3.05) is 0 Å². The van der Waals surface area contributed by atoms with Crippen LogP contribution in [-0.2, 0) is 16.1 Å². The van der Waals surface area contributed by atoms with Gasteiger partial charge >= 0.3 is 6.09 Å². The van der Waals surface area contributed by atoms with Gasteiger partial charge in [0, 0.05) is 4.88 Å². The highest BCUT2D eigenvalue weighted by Crippen LogP contribution is 2.17. The van der Waals surface area contributed by atoms with Crippen LogP contribution in [-0.4, -0.2) is 28.9 Å². The van der Waals surface area contributed by atoms with Crippen LogP contribution in [0.1, 0.15) is 32.6 Å². The van der Waals surface area contributed by atoms with Crippen molar-refractivity contribution in [3.8, 4) is 0 Å². The Morgan fingerprint density at radius 1 is 1.56 bits per heavy atom. The molecule has 4 nitrogen and oxygen atoms in total. The number of ether oxygens (including phenoxy) is 1. The summed E-state index contributed by atoms with van der Waals surface area (Å²) in [6.45, 7) is 7.50. The van der Waals surface area contributed by atoms with Crippen LogP contribution in [0.25, 0.3) is 0 Å². The number of hydrogen-bond donors (Lipinski definition) is 0. The molecule has 0 bridgehead atoms. The average molecular weight is 269 g/mol. The molecule has 0 aliphatic carbocycles. The molecule has 0 fully saturated rings. The topological polar surface area (TPSA) is 46.6 Å². The normalized spacial score (nSPS) is 12.9. The van der Waals surface area contributed by atoms with E-state index in [0.717, 1.165) is 11.2 Å².